The van der Waals surface area contributed by atoms with Gasteiger partial charge in [-0.05, 0) is 54.8 Å². The van der Waals surface area contributed by atoms with E-state index in [1.807, 2.05) is 24.3 Å². The van der Waals surface area contributed by atoms with Crippen LogP contribution in [0.15, 0.2) is 53.3 Å². The number of benzene rings is 2. The number of methoxy groups -OCH3 is 1. The fraction of sp³-hybridized carbons (Fsp3) is 0.375. The van der Waals surface area contributed by atoms with E-state index in [4.69, 9.17) is 4.74 Å². The van der Waals surface area contributed by atoms with Gasteiger partial charge in [-0.1, -0.05) is 18.2 Å². The number of fused-ring (bicyclic) bond motifs is 3. The van der Waals surface area contributed by atoms with Crippen molar-refractivity contribution < 1.29 is 9.13 Å². The van der Waals surface area contributed by atoms with Crippen molar-refractivity contribution in [1.82, 2.24) is 9.47 Å². The highest BCUT2D eigenvalue weighted by Crippen LogP contribution is 2.38. The van der Waals surface area contributed by atoms with E-state index in [1.54, 1.807) is 29.9 Å². The first kappa shape index (κ1) is 18.4. The first-order valence-corrected chi connectivity index (χ1v) is 10.3. The van der Waals surface area contributed by atoms with Gasteiger partial charge < -0.3 is 9.30 Å². The molecule has 0 spiro atoms. The van der Waals surface area contributed by atoms with Crippen molar-refractivity contribution in [2.75, 3.05) is 13.7 Å². The van der Waals surface area contributed by atoms with E-state index >= 15 is 0 Å². The number of halogens is 1. The second-order valence-electron chi connectivity index (χ2n) is 8.34. The van der Waals surface area contributed by atoms with Crippen molar-refractivity contribution in [3.05, 3.63) is 75.8 Å². The molecule has 5 heteroatoms. The maximum Gasteiger partial charge on any atom is 0.255 e. The second-order valence-corrected chi connectivity index (χ2v) is 8.34. The summed E-state index contributed by atoms with van der Waals surface area (Å²) in [5.74, 6) is 1.17. The molecule has 29 heavy (non-hydrogen) atoms. The Morgan fingerprint density at radius 1 is 1.07 bits per heavy atom. The number of pyridine rings is 1. The number of aromatic nitrogens is 1. The van der Waals surface area contributed by atoms with E-state index in [0.29, 0.717) is 23.9 Å². The van der Waals surface area contributed by atoms with Crippen molar-refractivity contribution in [1.29, 1.82) is 0 Å². The minimum absolute atomic E-state index is 0.0446. The van der Waals surface area contributed by atoms with Crippen molar-refractivity contribution in [2.45, 2.75) is 38.4 Å². The fourth-order valence-corrected chi connectivity index (χ4v) is 5.04. The average molecular weight is 392 g/mol. The highest BCUT2D eigenvalue weighted by Gasteiger charge is 2.37. The molecule has 150 valence electrons. The van der Waals surface area contributed by atoms with E-state index in [1.165, 1.54) is 25.3 Å². The summed E-state index contributed by atoms with van der Waals surface area (Å²) >= 11 is 0. The van der Waals surface area contributed by atoms with Crippen molar-refractivity contribution in [2.24, 2.45) is 5.92 Å². The summed E-state index contributed by atoms with van der Waals surface area (Å²) in [6.07, 6.45) is 3.81. The molecule has 5 rings (SSSR count). The minimum atomic E-state index is -0.294. The molecule has 4 nitrogen and oxygen atoms in total. The van der Waals surface area contributed by atoms with E-state index in [0.717, 1.165) is 28.9 Å². The van der Waals surface area contributed by atoms with Gasteiger partial charge in [-0.15, -0.1) is 0 Å². The molecule has 2 aliphatic rings. The summed E-state index contributed by atoms with van der Waals surface area (Å²) in [5, 5.41) is 0.973. The standard InChI is InChI=1S/C24H25FN2O2/c1-29-21-9-7-17-11-19(14-26-13-16-6-8-20(26)10-16)24(28)27(23(17)12-21)15-18-4-2-3-5-22(18)25/h2-5,7,9,11-12,16,20H,6,8,10,13-15H2,1H3. The van der Waals surface area contributed by atoms with Crippen molar-refractivity contribution in [3.63, 3.8) is 0 Å². The Hall–Kier alpha value is -2.66. The molecule has 2 aromatic carbocycles. The van der Waals surface area contributed by atoms with Crippen LogP contribution in [-0.2, 0) is 13.1 Å². The third kappa shape index (κ3) is 3.33. The summed E-state index contributed by atoms with van der Waals surface area (Å²) in [6.45, 7) is 1.95. The number of hydrogen-bond acceptors (Lipinski definition) is 3. The third-order valence-corrected chi connectivity index (χ3v) is 6.56. The Labute approximate surface area is 169 Å². The van der Waals surface area contributed by atoms with Gasteiger partial charge in [0.1, 0.15) is 11.6 Å². The summed E-state index contributed by atoms with van der Waals surface area (Å²) in [7, 11) is 1.61. The summed E-state index contributed by atoms with van der Waals surface area (Å²) < 4.78 is 21.4. The highest BCUT2D eigenvalue weighted by molar-refractivity contribution is 5.81. The van der Waals surface area contributed by atoms with Crippen LogP contribution in [0.1, 0.15) is 30.4 Å². The lowest BCUT2D eigenvalue weighted by molar-refractivity contribution is 0.204. The Kier molecular flexibility index (Phi) is 4.63. The largest absolute Gasteiger partial charge is 0.497 e. The summed E-state index contributed by atoms with van der Waals surface area (Å²) in [5.41, 5.74) is 2.02. The van der Waals surface area contributed by atoms with Crippen LogP contribution >= 0.6 is 0 Å². The third-order valence-electron chi connectivity index (χ3n) is 6.56. The van der Waals surface area contributed by atoms with Crippen LogP contribution in [0.5, 0.6) is 5.75 Å². The number of piperidine rings is 1. The van der Waals surface area contributed by atoms with Crippen LogP contribution < -0.4 is 10.3 Å². The zero-order chi connectivity index (χ0) is 20.0. The number of hydrogen-bond donors (Lipinski definition) is 0. The molecule has 2 unspecified atom stereocenters. The summed E-state index contributed by atoms with van der Waals surface area (Å²) in [6, 6.07) is 15.0. The van der Waals surface area contributed by atoms with E-state index in [2.05, 4.69) is 4.90 Å². The van der Waals surface area contributed by atoms with Crippen LogP contribution in [-0.4, -0.2) is 29.2 Å². The molecule has 1 saturated carbocycles. The Bertz CT molecular complexity index is 1120. The molecule has 1 saturated heterocycles. The van der Waals surface area contributed by atoms with Crippen LogP contribution in [0.4, 0.5) is 4.39 Å². The van der Waals surface area contributed by atoms with Gasteiger partial charge in [-0.25, -0.2) is 4.39 Å². The first-order valence-electron chi connectivity index (χ1n) is 10.3. The van der Waals surface area contributed by atoms with Gasteiger partial charge in [0.2, 0.25) is 0 Å². The predicted octanol–water partition coefficient (Wildman–Crippen LogP) is 4.18. The number of nitrogens with zero attached hydrogens (tertiary/aromatic N) is 2. The quantitative estimate of drug-likeness (QED) is 0.653. The van der Waals surface area contributed by atoms with E-state index in [-0.39, 0.29) is 17.9 Å². The second kappa shape index (κ2) is 7.30. The molecular formula is C24H25FN2O2. The molecular weight excluding hydrogens is 367 g/mol. The SMILES string of the molecule is COc1ccc2cc(CN3CC4CCC3C4)c(=O)n(Cc3ccccc3F)c2c1. The molecule has 0 radical (unpaired) electrons. The lowest BCUT2D eigenvalue weighted by Crippen LogP contribution is -2.35. The van der Waals surface area contributed by atoms with E-state index < -0.39 is 0 Å². The molecule has 2 heterocycles. The Balaban J connectivity index is 1.60. The number of ether oxygens (including phenoxy) is 1. The monoisotopic (exact) mass is 392 g/mol. The zero-order valence-electron chi connectivity index (χ0n) is 16.6. The molecule has 2 bridgehead atoms. The average Bonchev–Trinajstić information content (AvgIpc) is 3.35. The lowest BCUT2D eigenvalue weighted by atomic mass is 10.1. The van der Waals surface area contributed by atoms with Gasteiger partial charge in [0.15, 0.2) is 0 Å². The van der Waals surface area contributed by atoms with Crippen LogP contribution in [0.3, 0.4) is 0 Å². The molecule has 1 aliphatic heterocycles. The van der Waals surface area contributed by atoms with Gasteiger partial charge in [0.05, 0.1) is 19.2 Å². The smallest absolute Gasteiger partial charge is 0.255 e. The molecule has 0 amide bonds. The molecule has 0 N–H and O–H groups in total. The molecule has 2 atom stereocenters. The highest BCUT2D eigenvalue weighted by atomic mass is 19.1. The number of likely N-dealkylation sites (tertiary alicyclic amines) is 1. The van der Waals surface area contributed by atoms with Crippen LogP contribution in [0.25, 0.3) is 10.9 Å². The topological polar surface area (TPSA) is 34.5 Å². The summed E-state index contributed by atoms with van der Waals surface area (Å²) in [4.78, 5) is 15.9. The van der Waals surface area contributed by atoms with E-state index in [9.17, 15) is 9.18 Å². The molecule has 3 aromatic rings. The maximum atomic E-state index is 14.3. The van der Waals surface area contributed by atoms with Gasteiger partial charge >= 0.3 is 0 Å². The van der Waals surface area contributed by atoms with Crippen LogP contribution in [0.2, 0.25) is 0 Å². The van der Waals surface area contributed by atoms with Gasteiger partial charge in [-0.3, -0.25) is 9.69 Å². The molecule has 1 aromatic heterocycles. The lowest BCUT2D eigenvalue weighted by Gasteiger charge is -2.27. The maximum absolute atomic E-state index is 14.3. The van der Waals surface area contributed by atoms with Crippen molar-refractivity contribution in [3.8, 4) is 5.75 Å². The minimum Gasteiger partial charge on any atom is -0.497 e. The van der Waals surface area contributed by atoms with Crippen molar-refractivity contribution >= 4 is 10.9 Å². The number of rotatable bonds is 5. The normalized spacial score (nSPS) is 21.2. The Morgan fingerprint density at radius 3 is 2.66 bits per heavy atom. The first-order chi connectivity index (χ1) is 14.1. The zero-order valence-corrected chi connectivity index (χ0v) is 16.6. The predicted molar refractivity (Wildman–Crippen MR) is 112 cm³/mol. The van der Waals surface area contributed by atoms with Gasteiger partial charge in [0, 0.05) is 36.3 Å². The molecule has 1 aliphatic carbocycles. The van der Waals surface area contributed by atoms with Gasteiger partial charge in [0.25, 0.3) is 5.56 Å². The van der Waals surface area contributed by atoms with Gasteiger partial charge in [-0.2, -0.15) is 0 Å². The Morgan fingerprint density at radius 2 is 1.93 bits per heavy atom. The fourth-order valence-electron chi connectivity index (χ4n) is 5.04. The molecule has 2 fully saturated rings. The van der Waals surface area contributed by atoms with Crippen LogP contribution in [0, 0.1) is 11.7 Å².